The predicted molar refractivity (Wildman–Crippen MR) is 133 cm³/mol. The molecular formula is C28H31N3O4. The number of methoxy groups -OCH3 is 2. The van der Waals surface area contributed by atoms with Gasteiger partial charge in [0.05, 0.1) is 20.3 Å². The number of rotatable bonds is 4. The standard InChI is InChI=1S/C28H31N3O4/c1-34-23-13-12-17(14-24(23)35-2)27-26-20(19-10-6-7-11-21(19)29-26)15-22-28(33)30(16-25(32)31(22)27)18-8-4-3-5-9-18/h6-7,10-14,18,22,27,29H,3-5,8-9,15-16H2,1-2H3/t22-,27?/m1/s1. The summed E-state index contributed by atoms with van der Waals surface area (Å²) in [6.07, 6.45) is 5.96. The molecule has 182 valence electrons. The quantitative estimate of drug-likeness (QED) is 0.616. The van der Waals surface area contributed by atoms with E-state index in [2.05, 4.69) is 17.1 Å². The summed E-state index contributed by atoms with van der Waals surface area (Å²) >= 11 is 0. The van der Waals surface area contributed by atoms with E-state index in [-0.39, 0.29) is 24.4 Å². The van der Waals surface area contributed by atoms with Gasteiger partial charge in [0.15, 0.2) is 11.5 Å². The number of H-pyrrole nitrogens is 1. The number of fused-ring (bicyclic) bond motifs is 4. The average Bonchev–Trinajstić information content (AvgIpc) is 3.28. The van der Waals surface area contributed by atoms with E-state index < -0.39 is 12.1 Å². The van der Waals surface area contributed by atoms with Crippen LogP contribution in [-0.2, 0) is 16.0 Å². The van der Waals surface area contributed by atoms with Crippen LogP contribution in [0.15, 0.2) is 42.5 Å². The van der Waals surface area contributed by atoms with Crippen molar-refractivity contribution in [2.75, 3.05) is 20.8 Å². The zero-order valence-electron chi connectivity index (χ0n) is 20.3. The van der Waals surface area contributed by atoms with Gasteiger partial charge in [-0.3, -0.25) is 9.59 Å². The first kappa shape index (κ1) is 22.0. The molecule has 0 radical (unpaired) electrons. The third-order valence-electron chi connectivity index (χ3n) is 8.03. The number of benzene rings is 2. The molecule has 0 bridgehead atoms. The van der Waals surface area contributed by atoms with Crippen molar-refractivity contribution in [3.05, 3.63) is 59.3 Å². The van der Waals surface area contributed by atoms with Crippen LogP contribution in [0.2, 0.25) is 0 Å². The van der Waals surface area contributed by atoms with Gasteiger partial charge < -0.3 is 24.3 Å². The maximum atomic E-state index is 13.9. The largest absolute Gasteiger partial charge is 0.493 e. The van der Waals surface area contributed by atoms with E-state index in [1.165, 1.54) is 6.42 Å². The number of carbonyl (C=O) groups excluding carboxylic acids is 2. The fourth-order valence-corrected chi connectivity index (χ4v) is 6.36. The number of ether oxygens (including phenoxy) is 2. The van der Waals surface area contributed by atoms with Gasteiger partial charge in [0.2, 0.25) is 11.8 Å². The van der Waals surface area contributed by atoms with E-state index in [4.69, 9.17) is 9.47 Å². The maximum absolute atomic E-state index is 13.9. The summed E-state index contributed by atoms with van der Waals surface area (Å²) in [7, 11) is 3.22. The van der Waals surface area contributed by atoms with E-state index in [1.54, 1.807) is 14.2 Å². The molecule has 1 saturated heterocycles. The number of hydrogen-bond acceptors (Lipinski definition) is 4. The molecule has 2 amide bonds. The molecule has 0 spiro atoms. The summed E-state index contributed by atoms with van der Waals surface area (Å²) < 4.78 is 11.0. The summed E-state index contributed by atoms with van der Waals surface area (Å²) in [5, 5.41) is 1.11. The van der Waals surface area contributed by atoms with Crippen molar-refractivity contribution in [2.24, 2.45) is 0 Å². The molecule has 7 nitrogen and oxygen atoms in total. The van der Waals surface area contributed by atoms with E-state index in [0.29, 0.717) is 17.9 Å². The number of carbonyl (C=O) groups is 2. The topological polar surface area (TPSA) is 74.9 Å². The van der Waals surface area contributed by atoms with Gasteiger partial charge in [-0.2, -0.15) is 0 Å². The van der Waals surface area contributed by atoms with Crippen molar-refractivity contribution in [1.82, 2.24) is 14.8 Å². The molecule has 3 aromatic rings. The number of nitrogens with one attached hydrogen (secondary N) is 1. The number of aromatic amines is 1. The lowest BCUT2D eigenvalue weighted by molar-refractivity contribution is -0.161. The molecule has 2 aliphatic heterocycles. The minimum atomic E-state index is -0.511. The summed E-state index contributed by atoms with van der Waals surface area (Å²) in [6.45, 7) is 0.152. The molecule has 1 aromatic heterocycles. The Morgan fingerprint density at radius 3 is 2.49 bits per heavy atom. The Labute approximate surface area is 205 Å². The minimum Gasteiger partial charge on any atom is -0.493 e. The summed E-state index contributed by atoms with van der Waals surface area (Å²) in [4.78, 5) is 35.0. The van der Waals surface area contributed by atoms with Crippen LogP contribution in [0.5, 0.6) is 11.5 Å². The Morgan fingerprint density at radius 1 is 0.943 bits per heavy atom. The summed E-state index contributed by atoms with van der Waals surface area (Å²) in [6, 6.07) is 13.2. The molecule has 2 atom stereocenters. The Bertz CT molecular complexity index is 1290. The second-order valence-electron chi connectivity index (χ2n) is 9.86. The molecular weight excluding hydrogens is 442 g/mol. The maximum Gasteiger partial charge on any atom is 0.246 e. The lowest BCUT2D eigenvalue weighted by atomic mass is 9.85. The number of nitrogens with zero attached hydrogens (tertiary/aromatic N) is 2. The van der Waals surface area contributed by atoms with Crippen molar-refractivity contribution < 1.29 is 19.1 Å². The highest BCUT2D eigenvalue weighted by molar-refractivity contribution is 5.98. The van der Waals surface area contributed by atoms with Crippen LogP contribution in [0, 0.1) is 0 Å². The highest BCUT2D eigenvalue weighted by Crippen LogP contribution is 2.44. The van der Waals surface area contributed by atoms with E-state index in [0.717, 1.165) is 53.4 Å². The average molecular weight is 474 g/mol. The van der Waals surface area contributed by atoms with Gasteiger partial charge >= 0.3 is 0 Å². The zero-order valence-corrected chi connectivity index (χ0v) is 20.3. The second kappa shape index (κ2) is 8.63. The molecule has 1 aliphatic carbocycles. The molecule has 2 aromatic carbocycles. The van der Waals surface area contributed by atoms with Gasteiger partial charge in [-0.05, 0) is 42.2 Å². The van der Waals surface area contributed by atoms with Crippen LogP contribution in [0.1, 0.15) is 55.0 Å². The molecule has 3 aliphatic rings. The Kier molecular flexibility index (Phi) is 5.43. The fourth-order valence-electron chi connectivity index (χ4n) is 6.36. The highest BCUT2D eigenvalue weighted by Gasteiger charge is 2.49. The summed E-state index contributed by atoms with van der Waals surface area (Å²) in [5.74, 6) is 1.32. The third kappa shape index (κ3) is 3.48. The molecule has 1 N–H and O–H groups in total. The lowest BCUT2D eigenvalue weighted by Crippen LogP contribution is -2.65. The molecule has 6 rings (SSSR count). The number of amides is 2. The number of para-hydroxylation sites is 1. The monoisotopic (exact) mass is 473 g/mol. The SMILES string of the molecule is COc1ccc(C2c3[nH]c4ccccc4c3C[C@@H]3C(=O)N(C4CCCCC4)CC(=O)N23)cc1OC. The van der Waals surface area contributed by atoms with Crippen molar-refractivity contribution in [1.29, 1.82) is 0 Å². The minimum absolute atomic E-state index is 0.00395. The van der Waals surface area contributed by atoms with Crippen molar-refractivity contribution >= 4 is 22.7 Å². The van der Waals surface area contributed by atoms with Crippen LogP contribution >= 0.6 is 0 Å². The van der Waals surface area contributed by atoms with Crippen LogP contribution in [0.4, 0.5) is 0 Å². The van der Waals surface area contributed by atoms with Crippen molar-refractivity contribution in [3.8, 4) is 11.5 Å². The van der Waals surface area contributed by atoms with Gasteiger partial charge in [0.1, 0.15) is 12.6 Å². The fraction of sp³-hybridized carbons (Fsp3) is 0.429. The Hall–Kier alpha value is -3.48. The molecule has 3 heterocycles. The molecule has 1 unspecified atom stereocenters. The van der Waals surface area contributed by atoms with Crippen LogP contribution < -0.4 is 9.47 Å². The first-order chi connectivity index (χ1) is 17.1. The van der Waals surface area contributed by atoms with Crippen LogP contribution in [0.3, 0.4) is 0 Å². The molecule has 1 saturated carbocycles. The molecule has 2 fully saturated rings. The highest BCUT2D eigenvalue weighted by atomic mass is 16.5. The second-order valence-corrected chi connectivity index (χ2v) is 9.86. The summed E-state index contributed by atoms with van der Waals surface area (Å²) in [5.41, 5.74) is 4.01. The van der Waals surface area contributed by atoms with Gasteiger partial charge in [-0.15, -0.1) is 0 Å². The first-order valence-corrected chi connectivity index (χ1v) is 12.5. The lowest BCUT2D eigenvalue weighted by Gasteiger charge is -2.49. The van der Waals surface area contributed by atoms with Crippen molar-refractivity contribution in [2.45, 2.75) is 56.7 Å². The molecule has 35 heavy (non-hydrogen) atoms. The number of aromatic nitrogens is 1. The van der Waals surface area contributed by atoms with E-state index in [1.807, 2.05) is 40.1 Å². The Balaban J connectivity index is 1.49. The number of piperazine rings is 1. The Morgan fingerprint density at radius 2 is 1.71 bits per heavy atom. The van der Waals surface area contributed by atoms with Gasteiger partial charge in [0.25, 0.3) is 0 Å². The van der Waals surface area contributed by atoms with Crippen LogP contribution in [-0.4, -0.2) is 59.4 Å². The smallest absolute Gasteiger partial charge is 0.246 e. The number of hydrogen-bond donors (Lipinski definition) is 1. The molecule has 7 heteroatoms. The van der Waals surface area contributed by atoms with Gasteiger partial charge in [-0.1, -0.05) is 43.5 Å². The van der Waals surface area contributed by atoms with Gasteiger partial charge in [-0.25, -0.2) is 0 Å². The van der Waals surface area contributed by atoms with E-state index in [9.17, 15) is 9.59 Å². The van der Waals surface area contributed by atoms with Crippen LogP contribution in [0.25, 0.3) is 10.9 Å². The van der Waals surface area contributed by atoms with Crippen molar-refractivity contribution in [3.63, 3.8) is 0 Å². The first-order valence-electron chi connectivity index (χ1n) is 12.5. The third-order valence-corrected chi connectivity index (χ3v) is 8.03. The zero-order chi connectivity index (χ0) is 24.1. The van der Waals surface area contributed by atoms with E-state index >= 15 is 0 Å². The van der Waals surface area contributed by atoms with Gasteiger partial charge in [0, 0.05) is 29.1 Å². The predicted octanol–water partition coefficient (Wildman–Crippen LogP) is 4.20. The normalized spacial score (nSPS) is 22.8.